The summed E-state index contributed by atoms with van der Waals surface area (Å²) in [5.74, 6) is 1.61. The first-order valence-corrected chi connectivity index (χ1v) is 8.20. The number of benzene rings is 1. The maximum absolute atomic E-state index is 10.0. The molecule has 1 unspecified atom stereocenters. The van der Waals surface area contributed by atoms with Gasteiger partial charge in [-0.15, -0.1) is 0 Å². The molecule has 1 aliphatic rings. The second-order valence-electron chi connectivity index (χ2n) is 6.05. The highest BCUT2D eigenvalue weighted by atomic mass is 16.5. The summed E-state index contributed by atoms with van der Waals surface area (Å²) in [7, 11) is 0. The van der Waals surface area contributed by atoms with Gasteiger partial charge in [0.05, 0.1) is 12.7 Å². The molecule has 2 heteroatoms. The molecule has 0 radical (unpaired) electrons. The molecule has 2 rings (SSSR count). The molecule has 1 fully saturated rings. The molecule has 0 spiro atoms. The van der Waals surface area contributed by atoms with Crippen molar-refractivity contribution in [3.05, 3.63) is 29.8 Å². The van der Waals surface area contributed by atoms with Crippen LogP contribution in [0.1, 0.15) is 70.0 Å². The summed E-state index contributed by atoms with van der Waals surface area (Å²) >= 11 is 0. The van der Waals surface area contributed by atoms with Crippen molar-refractivity contribution >= 4 is 0 Å². The monoisotopic (exact) mass is 276 g/mol. The second-order valence-corrected chi connectivity index (χ2v) is 6.05. The maximum Gasteiger partial charge on any atom is 0.119 e. The Balaban J connectivity index is 1.87. The molecule has 1 aliphatic carbocycles. The molecular formula is C18H28O2. The number of ether oxygens (including phenoxy) is 1. The van der Waals surface area contributed by atoms with Crippen molar-refractivity contribution < 1.29 is 9.84 Å². The van der Waals surface area contributed by atoms with Gasteiger partial charge in [-0.25, -0.2) is 0 Å². The van der Waals surface area contributed by atoms with Crippen LogP contribution in [-0.4, -0.2) is 11.7 Å². The van der Waals surface area contributed by atoms with Crippen LogP contribution in [0.5, 0.6) is 5.75 Å². The van der Waals surface area contributed by atoms with Gasteiger partial charge in [-0.05, 0) is 42.9 Å². The standard InChI is InChI=1S/C18H28O2/c1-2-8-18(19)16-11-7-12-17(13-16)20-14-15-9-5-3-4-6-10-15/h7,11-13,15,18-19H,2-6,8-10,14H2,1H3. The normalized spacial score (nSPS) is 18.5. The van der Waals surface area contributed by atoms with E-state index in [-0.39, 0.29) is 6.10 Å². The molecule has 0 heterocycles. The largest absolute Gasteiger partial charge is 0.493 e. The predicted molar refractivity (Wildman–Crippen MR) is 83.0 cm³/mol. The predicted octanol–water partition coefficient (Wildman–Crippen LogP) is 4.87. The Morgan fingerprint density at radius 2 is 1.95 bits per heavy atom. The number of rotatable bonds is 6. The zero-order valence-corrected chi connectivity index (χ0v) is 12.7. The molecule has 1 aromatic rings. The van der Waals surface area contributed by atoms with E-state index in [1.165, 1.54) is 38.5 Å². The van der Waals surface area contributed by atoms with E-state index in [9.17, 15) is 5.11 Å². The van der Waals surface area contributed by atoms with Gasteiger partial charge >= 0.3 is 0 Å². The highest BCUT2D eigenvalue weighted by Crippen LogP contribution is 2.26. The fourth-order valence-electron chi connectivity index (χ4n) is 3.00. The molecular weight excluding hydrogens is 248 g/mol. The van der Waals surface area contributed by atoms with E-state index in [0.717, 1.165) is 30.8 Å². The minimum absolute atomic E-state index is 0.360. The number of hydrogen-bond acceptors (Lipinski definition) is 2. The minimum Gasteiger partial charge on any atom is -0.493 e. The van der Waals surface area contributed by atoms with Crippen molar-refractivity contribution in [1.29, 1.82) is 0 Å². The van der Waals surface area contributed by atoms with Gasteiger partial charge in [-0.1, -0.05) is 51.2 Å². The fourth-order valence-corrected chi connectivity index (χ4v) is 3.00. The summed E-state index contributed by atoms with van der Waals surface area (Å²) < 4.78 is 5.96. The Morgan fingerprint density at radius 1 is 1.20 bits per heavy atom. The topological polar surface area (TPSA) is 29.5 Å². The first kappa shape index (κ1) is 15.4. The molecule has 1 atom stereocenters. The molecule has 0 bridgehead atoms. The van der Waals surface area contributed by atoms with Crippen LogP contribution in [0.2, 0.25) is 0 Å². The summed E-state index contributed by atoms with van der Waals surface area (Å²) in [6, 6.07) is 7.96. The Hall–Kier alpha value is -1.02. The van der Waals surface area contributed by atoms with Crippen LogP contribution in [0.15, 0.2) is 24.3 Å². The van der Waals surface area contributed by atoms with Gasteiger partial charge < -0.3 is 9.84 Å². The van der Waals surface area contributed by atoms with E-state index < -0.39 is 0 Å². The smallest absolute Gasteiger partial charge is 0.119 e. The van der Waals surface area contributed by atoms with Gasteiger partial charge in [0, 0.05) is 0 Å². The number of hydrogen-bond donors (Lipinski definition) is 1. The zero-order chi connectivity index (χ0) is 14.2. The molecule has 0 aliphatic heterocycles. The van der Waals surface area contributed by atoms with E-state index in [2.05, 4.69) is 6.92 Å². The van der Waals surface area contributed by atoms with Gasteiger partial charge in [-0.2, -0.15) is 0 Å². The summed E-state index contributed by atoms with van der Waals surface area (Å²) in [4.78, 5) is 0. The third-order valence-corrected chi connectivity index (χ3v) is 4.27. The van der Waals surface area contributed by atoms with E-state index >= 15 is 0 Å². The first-order chi connectivity index (χ1) is 9.79. The molecule has 1 N–H and O–H groups in total. The summed E-state index contributed by atoms with van der Waals surface area (Å²) in [5.41, 5.74) is 0.977. The van der Waals surface area contributed by atoms with Crippen LogP contribution in [0.25, 0.3) is 0 Å². The van der Waals surface area contributed by atoms with Crippen LogP contribution in [-0.2, 0) is 0 Å². The van der Waals surface area contributed by atoms with Crippen LogP contribution in [0, 0.1) is 5.92 Å². The Bertz CT molecular complexity index is 381. The van der Waals surface area contributed by atoms with Crippen molar-refractivity contribution in [3.63, 3.8) is 0 Å². The Morgan fingerprint density at radius 3 is 2.65 bits per heavy atom. The second kappa shape index (κ2) is 8.31. The zero-order valence-electron chi connectivity index (χ0n) is 12.7. The van der Waals surface area contributed by atoms with E-state index in [1.807, 2.05) is 24.3 Å². The fraction of sp³-hybridized carbons (Fsp3) is 0.667. The molecule has 0 amide bonds. The summed E-state index contributed by atoms with van der Waals surface area (Å²) in [6.07, 6.45) is 9.52. The molecule has 2 nitrogen and oxygen atoms in total. The molecule has 1 saturated carbocycles. The molecule has 0 saturated heterocycles. The highest BCUT2D eigenvalue weighted by molar-refractivity contribution is 5.29. The van der Waals surface area contributed by atoms with Crippen molar-refractivity contribution in [1.82, 2.24) is 0 Å². The van der Waals surface area contributed by atoms with E-state index in [1.54, 1.807) is 0 Å². The lowest BCUT2D eigenvalue weighted by molar-refractivity contribution is 0.165. The molecule has 20 heavy (non-hydrogen) atoms. The van der Waals surface area contributed by atoms with Crippen molar-refractivity contribution in [2.24, 2.45) is 5.92 Å². The maximum atomic E-state index is 10.0. The summed E-state index contributed by atoms with van der Waals surface area (Å²) in [6.45, 7) is 2.92. The van der Waals surface area contributed by atoms with Gasteiger partial charge in [-0.3, -0.25) is 0 Å². The minimum atomic E-state index is -0.360. The summed E-state index contributed by atoms with van der Waals surface area (Å²) in [5, 5.41) is 10.0. The van der Waals surface area contributed by atoms with Crippen LogP contribution >= 0.6 is 0 Å². The molecule has 112 valence electrons. The van der Waals surface area contributed by atoms with Crippen LogP contribution in [0.4, 0.5) is 0 Å². The quantitative estimate of drug-likeness (QED) is 0.751. The average molecular weight is 276 g/mol. The number of aliphatic hydroxyl groups excluding tert-OH is 1. The third kappa shape index (κ3) is 4.82. The van der Waals surface area contributed by atoms with Crippen molar-refractivity contribution in [2.75, 3.05) is 6.61 Å². The lowest BCUT2D eigenvalue weighted by Gasteiger charge is -2.16. The first-order valence-electron chi connectivity index (χ1n) is 8.20. The Kier molecular flexibility index (Phi) is 6.38. The Labute approximate surface area is 123 Å². The number of aliphatic hydroxyl groups is 1. The van der Waals surface area contributed by atoms with E-state index in [0.29, 0.717) is 5.92 Å². The van der Waals surface area contributed by atoms with Gasteiger partial charge in [0.1, 0.15) is 5.75 Å². The third-order valence-electron chi connectivity index (χ3n) is 4.27. The average Bonchev–Trinajstić information content (AvgIpc) is 2.74. The van der Waals surface area contributed by atoms with Crippen molar-refractivity contribution in [2.45, 2.75) is 64.4 Å². The van der Waals surface area contributed by atoms with Gasteiger partial charge in [0.25, 0.3) is 0 Å². The lowest BCUT2D eigenvalue weighted by atomic mass is 10.0. The molecule has 1 aromatic carbocycles. The van der Waals surface area contributed by atoms with E-state index in [4.69, 9.17) is 4.74 Å². The van der Waals surface area contributed by atoms with Gasteiger partial charge in [0.2, 0.25) is 0 Å². The van der Waals surface area contributed by atoms with Gasteiger partial charge in [0.15, 0.2) is 0 Å². The lowest BCUT2D eigenvalue weighted by Crippen LogP contribution is -2.11. The molecule has 0 aromatic heterocycles. The van der Waals surface area contributed by atoms with Crippen molar-refractivity contribution in [3.8, 4) is 5.75 Å². The highest BCUT2D eigenvalue weighted by Gasteiger charge is 2.13. The van der Waals surface area contributed by atoms with Crippen LogP contribution < -0.4 is 4.74 Å². The SMILES string of the molecule is CCCC(O)c1cccc(OCC2CCCCCC2)c1. The van der Waals surface area contributed by atoms with Crippen LogP contribution in [0.3, 0.4) is 0 Å².